The Labute approximate surface area is 113 Å². The maximum atomic E-state index is 4.38. The van der Waals surface area contributed by atoms with Crippen molar-refractivity contribution in [3.8, 4) is 0 Å². The van der Waals surface area contributed by atoms with Gasteiger partial charge in [-0.2, -0.15) is 5.10 Å². The number of fused-ring (bicyclic) bond motifs is 1. The third-order valence-corrected chi connectivity index (χ3v) is 3.96. The van der Waals surface area contributed by atoms with Gasteiger partial charge in [0.2, 0.25) is 0 Å². The molecule has 0 amide bonds. The second-order valence-electron chi connectivity index (χ2n) is 5.54. The highest BCUT2D eigenvalue weighted by Crippen LogP contribution is 2.19. The van der Waals surface area contributed by atoms with Crippen LogP contribution in [0.1, 0.15) is 17.9 Å². The van der Waals surface area contributed by atoms with Gasteiger partial charge in [0.15, 0.2) is 0 Å². The Kier molecular flexibility index (Phi) is 3.38. The van der Waals surface area contributed by atoms with Gasteiger partial charge in [-0.1, -0.05) is 0 Å². The fraction of sp³-hybridized carbons (Fsp3) is 0.571. The molecular formula is C14H21N5. The van der Waals surface area contributed by atoms with Crippen molar-refractivity contribution in [1.82, 2.24) is 24.2 Å². The number of aryl methyl sites for hydroxylation is 2. The lowest BCUT2D eigenvalue weighted by molar-refractivity contribution is 0.225. The van der Waals surface area contributed by atoms with E-state index in [4.69, 9.17) is 0 Å². The fourth-order valence-electron chi connectivity index (χ4n) is 2.92. The molecule has 0 bridgehead atoms. The average molecular weight is 259 g/mol. The second kappa shape index (κ2) is 5.17. The Morgan fingerprint density at radius 2 is 2.32 bits per heavy atom. The molecule has 0 aromatic carbocycles. The lowest BCUT2D eigenvalue weighted by Gasteiger charge is -2.28. The molecule has 3 heterocycles. The third-order valence-electron chi connectivity index (χ3n) is 3.96. The molecule has 0 unspecified atom stereocenters. The molecule has 5 nitrogen and oxygen atoms in total. The zero-order valence-corrected chi connectivity index (χ0v) is 11.7. The lowest BCUT2D eigenvalue weighted by Crippen LogP contribution is -2.31. The normalized spacial score (nSPS) is 18.8. The molecule has 0 fully saturated rings. The van der Waals surface area contributed by atoms with Gasteiger partial charge < -0.3 is 9.47 Å². The summed E-state index contributed by atoms with van der Waals surface area (Å²) >= 11 is 0. The molecule has 5 heteroatoms. The first kappa shape index (κ1) is 12.4. The van der Waals surface area contributed by atoms with Crippen LogP contribution in [0.2, 0.25) is 0 Å². The molecule has 1 atom stereocenters. The zero-order chi connectivity index (χ0) is 13.2. The smallest absolute Gasteiger partial charge is 0.108 e. The van der Waals surface area contributed by atoms with E-state index in [-0.39, 0.29) is 0 Å². The lowest BCUT2D eigenvalue weighted by atomic mass is 9.99. The van der Waals surface area contributed by atoms with Crippen molar-refractivity contribution in [3.05, 3.63) is 36.2 Å². The van der Waals surface area contributed by atoms with Crippen LogP contribution in [0, 0.1) is 5.92 Å². The molecule has 19 heavy (non-hydrogen) atoms. The monoisotopic (exact) mass is 259 g/mol. The first-order valence-corrected chi connectivity index (χ1v) is 6.88. The van der Waals surface area contributed by atoms with Crippen molar-refractivity contribution < 1.29 is 0 Å². The summed E-state index contributed by atoms with van der Waals surface area (Å²) in [4.78, 5) is 6.77. The third kappa shape index (κ3) is 2.71. The van der Waals surface area contributed by atoms with Crippen molar-refractivity contribution in [2.45, 2.75) is 25.9 Å². The number of hydrogen-bond donors (Lipinski definition) is 0. The van der Waals surface area contributed by atoms with E-state index in [2.05, 4.69) is 38.9 Å². The van der Waals surface area contributed by atoms with Crippen LogP contribution in [0.5, 0.6) is 0 Å². The van der Waals surface area contributed by atoms with Crippen LogP contribution in [-0.2, 0) is 26.6 Å². The molecule has 0 spiro atoms. The molecule has 1 aliphatic rings. The molecule has 0 N–H and O–H groups in total. The number of rotatable bonds is 4. The molecule has 3 rings (SSSR count). The van der Waals surface area contributed by atoms with Gasteiger partial charge in [0, 0.05) is 51.7 Å². The fourth-order valence-corrected chi connectivity index (χ4v) is 2.92. The molecule has 0 saturated carbocycles. The van der Waals surface area contributed by atoms with E-state index < -0.39 is 0 Å². The Bertz CT molecular complexity index is 542. The van der Waals surface area contributed by atoms with Crippen LogP contribution >= 0.6 is 0 Å². The zero-order valence-electron chi connectivity index (χ0n) is 11.7. The predicted octanol–water partition coefficient (Wildman–Crippen LogP) is 1.31. The van der Waals surface area contributed by atoms with Gasteiger partial charge in [-0.05, 0) is 25.5 Å². The van der Waals surface area contributed by atoms with Crippen LogP contribution in [0.15, 0.2) is 24.7 Å². The van der Waals surface area contributed by atoms with Crippen LogP contribution in [0.25, 0.3) is 0 Å². The Morgan fingerprint density at radius 1 is 1.42 bits per heavy atom. The summed E-state index contributed by atoms with van der Waals surface area (Å²) in [6.07, 6.45) is 8.23. The number of nitrogens with zero attached hydrogens (tertiary/aromatic N) is 5. The highest BCUT2D eigenvalue weighted by atomic mass is 15.3. The molecule has 0 saturated heterocycles. The molecule has 1 aliphatic heterocycles. The van der Waals surface area contributed by atoms with E-state index >= 15 is 0 Å². The van der Waals surface area contributed by atoms with Crippen molar-refractivity contribution in [1.29, 1.82) is 0 Å². The minimum atomic E-state index is 0.722. The topological polar surface area (TPSA) is 38.9 Å². The molecule has 102 valence electrons. The summed E-state index contributed by atoms with van der Waals surface area (Å²) in [6.45, 7) is 3.19. The number of aromatic nitrogens is 4. The van der Waals surface area contributed by atoms with E-state index in [0.717, 1.165) is 32.0 Å². The molecule has 2 aromatic heterocycles. The van der Waals surface area contributed by atoms with Gasteiger partial charge >= 0.3 is 0 Å². The average Bonchev–Trinajstić information content (AvgIpc) is 2.98. The predicted molar refractivity (Wildman–Crippen MR) is 73.6 cm³/mol. The SMILES string of the molecule is CN(Cc1ccnn1C)C[C@H]1CCc2nccn2C1. The molecule has 0 radical (unpaired) electrons. The van der Waals surface area contributed by atoms with E-state index in [9.17, 15) is 0 Å². The van der Waals surface area contributed by atoms with Crippen LogP contribution in [0.3, 0.4) is 0 Å². The standard InChI is InChI=1S/C14H21N5/c1-17(11-13-5-6-16-18(13)2)9-12-3-4-14-15-7-8-19(14)10-12/h5-8,12H,3-4,9-11H2,1-2H3/t12-/m1/s1. The van der Waals surface area contributed by atoms with E-state index in [1.165, 1.54) is 17.9 Å². The van der Waals surface area contributed by atoms with Gasteiger partial charge in [-0.25, -0.2) is 4.98 Å². The van der Waals surface area contributed by atoms with Gasteiger partial charge in [0.25, 0.3) is 0 Å². The summed E-state index contributed by atoms with van der Waals surface area (Å²) in [5.41, 5.74) is 1.27. The van der Waals surface area contributed by atoms with Crippen molar-refractivity contribution in [3.63, 3.8) is 0 Å². The first-order valence-electron chi connectivity index (χ1n) is 6.88. The van der Waals surface area contributed by atoms with Gasteiger partial charge in [-0.15, -0.1) is 0 Å². The summed E-state index contributed by atoms with van der Waals surface area (Å²) < 4.78 is 4.25. The second-order valence-corrected chi connectivity index (χ2v) is 5.54. The number of imidazole rings is 1. The van der Waals surface area contributed by atoms with Gasteiger partial charge in [0.05, 0.1) is 5.69 Å². The van der Waals surface area contributed by atoms with Crippen molar-refractivity contribution in [2.24, 2.45) is 13.0 Å². The highest BCUT2D eigenvalue weighted by molar-refractivity contribution is 5.00. The van der Waals surface area contributed by atoms with Gasteiger partial charge in [0.1, 0.15) is 5.82 Å². The minimum absolute atomic E-state index is 0.722. The summed E-state index contributed by atoms with van der Waals surface area (Å²) in [5, 5.41) is 4.22. The summed E-state index contributed by atoms with van der Waals surface area (Å²) in [5.74, 6) is 1.96. The first-order chi connectivity index (χ1) is 9.22. The quantitative estimate of drug-likeness (QED) is 0.831. The Hall–Kier alpha value is -1.62. The highest BCUT2D eigenvalue weighted by Gasteiger charge is 2.20. The van der Waals surface area contributed by atoms with Crippen LogP contribution < -0.4 is 0 Å². The Balaban J connectivity index is 1.56. The van der Waals surface area contributed by atoms with Crippen LogP contribution in [-0.4, -0.2) is 37.8 Å². The summed E-state index contributed by atoms with van der Waals surface area (Å²) in [6, 6.07) is 2.09. The maximum Gasteiger partial charge on any atom is 0.108 e. The number of hydrogen-bond acceptors (Lipinski definition) is 3. The van der Waals surface area contributed by atoms with Crippen LogP contribution in [0.4, 0.5) is 0 Å². The van der Waals surface area contributed by atoms with Crippen molar-refractivity contribution >= 4 is 0 Å². The molecular weight excluding hydrogens is 238 g/mol. The van der Waals surface area contributed by atoms with E-state index in [1.54, 1.807) is 0 Å². The van der Waals surface area contributed by atoms with Gasteiger partial charge in [-0.3, -0.25) is 4.68 Å². The largest absolute Gasteiger partial charge is 0.335 e. The molecule has 2 aromatic rings. The summed E-state index contributed by atoms with van der Waals surface area (Å²) in [7, 11) is 4.19. The van der Waals surface area contributed by atoms with E-state index in [0.29, 0.717) is 0 Å². The maximum absolute atomic E-state index is 4.38. The van der Waals surface area contributed by atoms with E-state index in [1.807, 2.05) is 24.1 Å². The minimum Gasteiger partial charge on any atom is -0.335 e. The van der Waals surface area contributed by atoms with Crippen molar-refractivity contribution in [2.75, 3.05) is 13.6 Å². The Morgan fingerprint density at radius 3 is 3.11 bits per heavy atom. The molecule has 0 aliphatic carbocycles.